The zero-order valence-electron chi connectivity index (χ0n) is 15.9. The van der Waals surface area contributed by atoms with E-state index in [0.29, 0.717) is 0 Å². The minimum atomic E-state index is -1.22. The number of hydrogen-bond donors (Lipinski definition) is 5. The third-order valence-electron chi connectivity index (χ3n) is 4.15. The Kier molecular flexibility index (Phi) is 9.10. The van der Waals surface area contributed by atoms with Crippen LogP contribution in [0, 0.1) is 5.92 Å². The van der Waals surface area contributed by atoms with Crippen LogP contribution < -0.4 is 16.4 Å². The number of carboxylic acid groups (broad SMARTS) is 2. The van der Waals surface area contributed by atoms with Crippen LogP contribution in [0.5, 0.6) is 0 Å². The Labute approximate surface area is 163 Å². The topological polar surface area (TPSA) is 159 Å². The zero-order chi connectivity index (χ0) is 21.3. The Balaban J connectivity index is 2.81. The molecule has 154 valence electrons. The standard InChI is InChI=1S/C19H27N3O6/c1-11(2)16(19(27)28)22-18(26)14(8-9-15(23)24)21-17(25)13(20)10-12-6-4-3-5-7-12/h3-7,11,13-14,16H,8-10,20H2,1-2H3,(H,21,25)(H,22,26)(H,23,24)(H,27,28). The number of amides is 2. The van der Waals surface area contributed by atoms with Crippen molar-refractivity contribution < 1.29 is 29.4 Å². The number of nitrogens with one attached hydrogen (secondary N) is 2. The van der Waals surface area contributed by atoms with Gasteiger partial charge in [0.2, 0.25) is 11.8 Å². The molecule has 0 saturated carbocycles. The molecule has 0 fully saturated rings. The van der Waals surface area contributed by atoms with Crippen LogP contribution in [-0.4, -0.2) is 52.1 Å². The Hall–Kier alpha value is -2.94. The Morgan fingerprint density at radius 1 is 1.00 bits per heavy atom. The fourth-order valence-electron chi connectivity index (χ4n) is 2.54. The summed E-state index contributed by atoms with van der Waals surface area (Å²) in [6, 6.07) is 5.75. The maximum absolute atomic E-state index is 12.5. The molecule has 0 aliphatic heterocycles. The van der Waals surface area contributed by atoms with Crippen molar-refractivity contribution in [3.8, 4) is 0 Å². The maximum Gasteiger partial charge on any atom is 0.326 e. The van der Waals surface area contributed by atoms with Gasteiger partial charge in [0.25, 0.3) is 0 Å². The largest absolute Gasteiger partial charge is 0.481 e. The average molecular weight is 393 g/mol. The van der Waals surface area contributed by atoms with Crippen LogP contribution in [0.3, 0.4) is 0 Å². The van der Waals surface area contributed by atoms with Gasteiger partial charge in [-0.05, 0) is 24.3 Å². The second-order valence-electron chi connectivity index (χ2n) is 6.86. The minimum Gasteiger partial charge on any atom is -0.481 e. The molecule has 2 amide bonds. The van der Waals surface area contributed by atoms with Crippen molar-refractivity contribution in [3.63, 3.8) is 0 Å². The van der Waals surface area contributed by atoms with Crippen LogP contribution in [-0.2, 0) is 25.6 Å². The van der Waals surface area contributed by atoms with Crippen molar-refractivity contribution in [1.29, 1.82) is 0 Å². The van der Waals surface area contributed by atoms with Crippen LogP contribution in [0.1, 0.15) is 32.3 Å². The molecule has 1 rings (SSSR count). The van der Waals surface area contributed by atoms with Crippen molar-refractivity contribution in [2.75, 3.05) is 0 Å². The van der Waals surface area contributed by atoms with Gasteiger partial charge < -0.3 is 26.6 Å². The zero-order valence-corrected chi connectivity index (χ0v) is 15.9. The number of aliphatic carboxylic acids is 2. The molecule has 9 nitrogen and oxygen atoms in total. The lowest BCUT2D eigenvalue weighted by Gasteiger charge is -2.24. The lowest BCUT2D eigenvalue weighted by Crippen LogP contribution is -2.55. The number of nitrogens with two attached hydrogens (primary N) is 1. The van der Waals surface area contributed by atoms with Gasteiger partial charge >= 0.3 is 11.9 Å². The summed E-state index contributed by atoms with van der Waals surface area (Å²) in [5, 5.41) is 22.9. The molecule has 3 atom stereocenters. The molecule has 0 spiro atoms. The lowest BCUT2D eigenvalue weighted by atomic mass is 10.0. The molecule has 3 unspecified atom stereocenters. The predicted octanol–water partition coefficient (Wildman–Crippen LogP) is 0.131. The van der Waals surface area contributed by atoms with Gasteiger partial charge in [-0.25, -0.2) is 4.79 Å². The summed E-state index contributed by atoms with van der Waals surface area (Å²) in [6.45, 7) is 3.25. The van der Waals surface area contributed by atoms with E-state index in [-0.39, 0.29) is 19.3 Å². The van der Waals surface area contributed by atoms with Gasteiger partial charge in [-0.1, -0.05) is 44.2 Å². The van der Waals surface area contributed by atoms with E-state index in [4.69, 9.17) is 10.8 Å². The Morgan fingerprint density at radius 3 is 2.11 bits per heavy atom. The fourth-order valence-corrected chi connectivity index (χ4v) is 2.54. The fraction of sp³-hybridized carbons (Fsp3) is 0.474. The number of carboxylic acids is 2. The summed E-state index contributed by atoms with van der Waals surface area (Å²) in [5.41, 5.74) is 6.73. The molecule has 1 aromatic rings. The van der Waals surface area contributed by atoms with Crippen molar-refractivity contribution >= 4 is 23.8 Å². The van der Waals surface area contributed by atoms with Crippen molar-refractivity contribution in [2.45, 2.75) is 51.2 Å². The summed E-state index contributed by atoms with van der Waals surface area (Å²) in [5.74, 6) is -4.13. The van der Waals surface area contributed by atoms with Crippen molar-refractivity contribution in [1.82, 2.24) is 10.6 Å². The molecule has 1 aromatic carbocycles. The van der Waals surface area contributed by atoms with Crippen LogP contribution >= 0.6 is 0 Å². The van der Waals surface area contributed by atoms with Gasteiger partial charge in [0, 0.05) is 6.42 Å². The molecule has 28 heavy (non-hydrogen) atoms. The first kappa shape index (κ1) is 23.1. The van der Waals surface area contributed by atoms with E-state index in [2.05, 4.69) is 10.6 Å². The third-order valence-corrected chi connectivity index (χ3v) is 4.15. The van der Waals surface area contributed by atoms with E-state index < -0.39 is 47.8 Å². The summed E-state index contributed by atoms with van der Waals surface area (Å²) < 4.78 is 0. The third kappa shape index (κ3) is 7.75. The van der Waals surface area contributed by atoms with Crippen LogP contribution in [0.25, 0.3) is 0 Å². The van der Waals surface area contributed by atoms with E-state index in [1.54, 1.807) is 26.0 Å². The number of benzene rings is 1. The van der Waals surface area contributed by atoms with Gasteiger partial charge in [-0.15, -0.1) is 0 Å². The first-order valence-electron chi connectivity index (χ1n) is 8.96. The predicted molar refractivity (Wildman–Crippen MR) is 101 cm³/mol. The van der Waals surface area contributed by atoms with Crippen LogP contribution in [0.15, 0.2) is 30.3 Å². The van der Waals surface area contributed by atoms with Crippen LogP contribution in [0.2, 0.25) is 0 Å². The van der Waals surface area contributed by atoms with Gasteiger partial charge in [0.1, 0.15) is 12.1 Å². The highest BCUT2D eigenvalue weighted by molar-refractivity contribution is 5.92. The summed E-state index contributed by atoms with van der Waals surface area (Å²) in [4.78, 5) is 47.0. The minimum absolute atomic E-state index is 0.185. The molecule has 0 bridgehead atoms. The highest BCUT2D eigenvalue weighted by Gasteiger charge is 2.29. The van der Waals surface area contributed by atoms with Gasteiger partial charge in [-0.3, -0.25) is 14.4 Å². The molecule has 9 heteroatoms. The normalized spacial score (nSPS) is 14.0. The summed E-state index contributed by atoms with van der Waals surface area (Å²) >= 11 is 0. The van der Waals surface area contributed by atoms with Crippen molar-refractivity contribution in [3.05, 3.63) is 35.9 Å². The van der Waals surface area contributed by atoms with E-state index in [1.165, 1.54) is 0 Å². The SMILES string of the molecule is CC(C)C(NC(=O)C(CCC(=O)O)NC(=O)C(N)Cc1ccccc1)C(=O)O. The average Bonchev–Trinajstić information content (AvgIpc) is 2.62. The molecule has 0 saturated heterocycles. The Morgan fingerprint density at radius 2 is 1.61 bits per heavy atom. The number of carbonyl (C=O) groups excluding carboxylic acids is 2. The summed E-state index contributed by atoms with van der Waals surface area (Å²) in [6.07, 6.45) is -0.315. The highest BCUT2D eigenvalue weighted by atomic mass is 16.4. The highest BCUT2D eigenvalue weighted by Crippen LogP contribution is 2.06. The quantitative estimate of drug-likeness (QED) is 0.357. The first-order chi connectivity index (χ1) is 13.1. The lowest BCUT2D eigenvalue weighted by molar-refractivity contribution is -0.144. The molecule has 0 aromatic heterocycles. The molecular formula is C19H27N3O6. The molecule has 0 heterocycles. The van der Waals surface area contributed by atoms with E-state index >= 15 is 0 Å². The van der Waals surface area contributed by atoms with Gasteiger partial charge in [0.05, 0.1) is 6.04 Å². The first-order valence-corrected chi connectivity index (χ1v) is 8.96. The van der Waals surface area contributed by atoms with Crippen LogP contribution in [0.4, 0.5) is 0 Å². The second-order valence-corrected chi connectivity index (χ2v) is 6.86. The van der Waals surface area contributed by atoms with Gasteiger partial charge in [0.15, 0.2) is 0 Å². The molecule has 0 radical (unpaired) electrons. The van der Waals surface area contributed by atoms with Crippen molar-refractivity contribution in [2.24, 2.45) is 11.7 Å². The van der Waals surface area contributed by atoms with E-state index in [1.807, 2.05) is 18.2 Å². The molecule has 0 aliphatic rings. The number of rotatable bonds is 11. The molecule has 6 N–H and O–H groups in total. The summed E-state index contributed by atoms with van der Waals surface area (Å²) in [7, 11) is 0. The number of carbonyl (C=O) groups is 4. The molecule has 0 aliphatic carbocycles. The number of hydrogen-bond acceptors (Lipinski definition) is 5. The van der Waals surface area contributed by atoms with E-state index in [9.17, 15) is 24.3 Å². The smallest absolute Gasteiger partial charge is 0.326 e. The Bertz CT molecular complexity index is 692. The van der Waals surface area contributed by atoms with Gasteiger partial charge in [-0.2, -0.15) is 0 Å². The maximum atomic E-state index is 12.5. The molecular weight excluding hydrogens is 366 g/mol. The second kappa shape index (κ2) is 11.0. The monoisotopic (exact) mass is 393 g/mol. The van der Waals surface area contributed by atoms with E-state index in [0.717, 1.165) is 5.56 Å².